The van der Waals surface area contributed by atoms with Crippen LogP contribution in [0.1, 0.15) is 19.4 Å². The second-order valence-electron chi connectivity index (χ2n) is 7.44. The van der Waals surface area contributed by atoms with Crippen LogP contribution >= 0.6 is 0 Å². The fourth-order valence-corrected chi connectivity index (χ4v) is 4.01. The van der Waals surface area contributed by atoms with Crippen molar-refractivity contribution in [2.75, 3.05) is 18.0 Å². The van der Waals surface area contributed by atoms with Crippen molar-refractivity contribution in [2.45, 2.75) is 20.8 Å². The van der Waals surface area contributed by atoms with Crippen LogP contribution in [0.2, 0.25) is 0 Å². The zero-order chi connectivity index (χ0) is 21.4. The zero-order valence-corrected chi connectivity index (χ0v) is 17.8. The number of fused-ring (bicyclic) bond motifs is 4. The molecule has 0 fully saturated rings. The number of hydrogen-bond donors (Lipinski definition) is 0. The molecule has 2 aromatic carbocycles. The van der Waals surface area contributed by atoms with Crippen molar-refractivity contribution in [2.24, 2.45) is 4.99 Å². The molecule has 0 unspecified atom stereocenters. The van der Waals surface area contributed by atoms with E-state index in [-0.39, 0.29) is 0 Å². The van der Waals surface area contributed by atoms with E-state index >= 15 is 0 Å². The number of nitrogens with zero attached hydrogens (tertiary/aromatic N) is 5. The first-order valence-electron chi connectivity index (χ1n) is 10.5. The van der Waals surface area contributed by atoms with Gasteiger partial charge in [-0.2, -0.15) is 0 Å². The lowest BCUT2D eigenvalue weighted by molar-refractivity contribution is 0.613. The second-order valence-corrected chi connectivity index (χ2v) is 7.44. The molecule has 2 heterocycles. The average molecular weight is 409 g/mol. The average Bonchev–Trinajstić information content (AvgIpc) is 2.80. The highest BCUT2D eigenvalue weighted by Crippen LogP contribution is 2.33. The van der Waals surface area contributed by atoms with Crippen molar-refractivity contribution in [3.63, 3.8) is 0 Å². The number of aromatic nitrogens is 3. The zero-order valence-electron chi connectivity index (χ0n) is 17.8. The van der Waals surface area contributed by atoms with Crippen LogP contribution in [0.4, 0.5) is 11.6 Å². The van der Waals surface area contributed by atoms with Crippen molar-refractivity contribution in [1.82, 2.24) is 15.0 Å². The molecule has 154 valence electrons. The van der Waals surface area contributed by atoms with Crippen LogP contribution in [0.25, 0.3) is 33.3 Å². The predicted octanol–water partition coefficient (Wildman–Crippen LogP) is 5.26. The van der Waals surface area contributed by atoms with Crippen LogP contribution in [0.3, 0.4) is 0 Å². The highest BCUT2D eigenvalue weighted by Gasteiger charge is 2.17. The van der Waals surface area contributed by atoms with Gasteiger partial charge in [0.15, 0.2) is 11.3 Å². The minimum absolute atomic E-state index is 0.417. The first-order valence-corrected chi connectivity index (χ1v) is 10.5. The number of rotatable bonds is 4. The molecule has 0 N–H and O–H groups in total. The maximum Gasteiger partial charge on any atom is 0.249 e. The third-order valence-electron chi connectivity index (χ3n) is 5.55. The standard InChI is InChI=1S/C25H23N5O/c1-4-30(5-2)17-13-16(3)23-21(14-17)31-22-15-20(28-25-26-11-8-12-27-25)18-9-6-7-10-19(18)24(22)29-23/h6-15H,4-5H2,1-3H3/b28-20-. The molecule has 1 aromatic heterocycles. The maximum absolute atomic E-state index is 6.40. The third-order valence-corrected chi connectivity index (χ3v) is 5.55. The molecular weight excluding hydrogens is 386 g/mol. The van der Waals surface area contributed by atoms with E-state index in [1.54, 1.807) is 18.5 Å². The van der Waals surface area contributed by atoms with Crippen LogP contribution in [-0.2, 0) is 0 Å². The monoisotopic (exact) mass is 409 g/mol. The van der Waals surface area contributed by atoms with Crippen molar-refractivity contribution in [3.8, 4) is 11.5 Å². The Morgan fingerprint density at radius 3 is 2.42 bits per heavy atom. The smallest absolute Gasteiger partial charge is 0.249 e. The first-order chi connectivity index (χ1) is 15.2. The van der Waals surface area contributed by atoms with E-state index in [4.69, 9.17) is 9.40 Å². The summed E-state index contributed by atoms with van der Waals surface area (Å²) in [6.45, 7) is 8.28. The van der Waals surface area contributed by atoms with E-state index in [2.05, 4.69) is 58.8 Å². The molecule has 0 bridgehead atoms. The van der Waals surface area contributed by atoms with Crippen LogP contribution in [-0.4, -0.2) is 28.0 Å². The van der Waals surface area contributed by atoms with E-state index in [1.807, 2.05) is 24.3 Å². The molecule has 0 atom stereocenters. The second kappa shape index (κ2) is 7.80. The van der Waals surface area contributed by atoms with Crippen molar-refractivity contribution >= 4 is 33.5 Å². The maximum atomic E-state index is 6.40. The Kier molecular flexibility index (Phi) is 4.82. The van der Waals surface area contributed by atoms with Crippen molar-refractivity contribution in [1.29, 1.82) is 0 Å². The van der Waals surface area contributed by atoms with E-state index in [0.717, 1.165) is 57.3 Å². The fourth-order valence-electron chi connectivity index (χ4n) is 4.01. The summed E-state index contributed by atoms with van der Waals surface area (Å²) in [6, 6.07) is 16.1. The van der Waals surface area contributed by atoms with Gasteiger partial charge in [-0.3, -0.25) is 0 Å². The minimum atomic E-state index is 0.417. The van der Waals surface area contributed by atoms with Gasteiger partial charge in [0.1, 0.15) is 11.2 Å². The van der Waals surface area contributed by atoms with Crippen molar-refractivity contribution in [3.05, 3.63) is 71.8 Å². The van der Waals surface area contributed by atoms with Gasteiger partial charge in [0.2, 0.25) is 5.95 Å². The molecule has 1 aliphatic carbocycles. The van der Waals surface area contributed by atoms with Crippen LogP contribution in [0.15, 0.2) is 70.3 Å². The highest BCUT2D eigenvalue weighted by molar-refractivity contribution is 5.97. The molecule has 5 rings (SSSR count). The van der Waals surface area contributed by atoms with Gasteiger partial charge in [0.05, 0.1) is 5.36 Å². The number of benzene rings is 3. The molecule has 6 nitrogen and oxygen atoms in total. The molecule has 1 aliphatic heterocycles. The molecular formula is C25H23N5O. The van der Waals surface area contributed by atoms with E-state index in [1.165, 1.54) is 0 Å². The Morgan fingerprint density at radius 1 is 0.935 bits per heavy atom. The van der Waals surface area contributed by atoms with Gasteiger partial charge in [-0.15, -0.1) is 0 Å². The third kappa shape index (κ3) is 3.40. The molecule has 0 spiro atoms. The van der Waals surface area contributed by atoms with Crippen molar-refractivity contribution < 1.29 is 4.42 Å². The number of anilines is 1. The lowest BCUT2D eigenvalue weighted by Gasteiger charge is -2.22. The van der Waals surface area contributed by atoms with Gasteiger partial charge in [0.25, 0.3) is 0 Å². The predicted molar refractivity (Wildman–Crippen MR) is 124 cm³/mol. The van der Waals surface area contributed by atoms with Gasteiger partial charge < -0.3 is 9.32 Å². The summed E-state index contributed by atoms with van der Waals surface area (Å²) in [4.78, 5) is 20.5. The molecule has 0 saturated carbocycles. The quantitative estimate of drug-likeness (QED) is 0.299. The topological polar surface area (TPSA) is 67.4 Å². The highest BCUT2D eigenvalue weighted by atomic mass is 16.3. The largest absolute Gasteiger partial charge is 0.453 e. The summed E-state index contributed by atoms with van der Waals surface area (Å²) in [5.74, 6) is 1.11. The SMILES string of the molecule is CCN(CC)c1cc(C)c2nc3c4ccccc4/c(=N\c4ncccn4)cc-3oc2c1. The van der Waals surface area contributed by atoms with Crippen LogP contribution < -0.4 is 10.3 Å². The summed E-state index contributed by atoms with van der Waals surface area (Å²) >= 11 is 0. The molecule has 0 saturated heterocycles. The molecule has 0 amide bonds. The fraction of sp³-hybridized carbons (Fsp3) is 0.200. The Balaban J connectivity index is 1.83. The van der Waals surface area contributed by atoms with E-state index in [9.17, 15) is 0 Å². The summed E-state index contributed by atoms with van der Waals surface area (Å²) in [6.07, 6.45) is 3.37. The van der Waals surface area contributed by atoms with Gasteiger partial charge in [-0.05, 0) is 38.5 Å². The van der Waals surface area contributed by atoms with Crippen LogP contribution in [0, 0.1) is 6.92 Å². The van der Waals surface area contributed by atoms with E-state index in [0.29, 0.717) is 11.7 Å². The van der Waals surface area contributed by atoms with Gasteiger partial charge >= 0.3 is 0 Å². The summed E-state index contributed by atoms with van der Waals surface area (Å²) in [5.41, 5.74) is 4.72. The first kappa shape index (κ1) is 19.2. The Morgan fingerprint density at radius 2 is 1.68 bits per heavy atom. The minimum Gasteiger partial charge on any atom is -0.453 e. The molecule has 0 radical (unpaired) electrons. The normalized spacial score (nSPS) is 12.2. The van der Waals surface area contributed by atoms with Gasteiger partial charge in [0, 0.05) is 54.1 Å². The van der Waals surface area contributed by atoms with Crippen LogP contribution in [0.5, 0.6) is 0 Å². The van der Waals surface area contributed by atoms with Gasteiger partial charge in [-0.25, -0.2) is 19.9 Å². The molecule has 3 aromatic rings. The Labute approximate surface area is 180 Å². The Bertz CT molecular complexity index is 1420. The Hall–Kier alpha value is -3.80. The summed E-state index contributed by atoms with van der Waals surface area (Å²) < 4.78 is 6.40. The number of hydrogen-bond acceptors (Lipinski definition) is 6. The summed E-state index contributed by atoms with van der Waals surface area (Å²) in [7, 11) is 0. The summed E-state index contributed by atoms with van der Waals surface area (Å²) in [5, 5.41) is 2.74. The molecule has 6 heteroatoms. The number of aryl methyl sites for hydroxylation is 1. The lowest BCUT2D eigenvalue weighted by Crippen LogP contribution is -2.21. The lowest BCUT2D eigenvalue weighted by atomic mass is 10.0. The molecule has 31 heavy (non-hydrogen) atoms. The van der Waals surface area contributed by atoms with E-state index < -0.39 is 0 Å². The van der Waals surface area contributed by atoms with Gasteiger partial charge in [-0.1, -0.05) is 24.3 Å². The molecule has 2 aliphatic rings.